The number of hydrogen-bond acceptors (Lipinski definition) is 4. The zero-order valence-electron chi connectivity index (χ0n) is 9.56. The van der Waals surface area contributed by atoms with E-state index in [-0.39, 0.29) is 11.5 Å². The Morgan fingerprint density at radius 3 is 2.65 bits per heavy atom. The second-order valence-electron chi connectivity index (χ2n) is 4.44. The highest BCUT2D eigenvalue weighted by Crippen LogP contribution is 2.37. The van der Waals surface area contributed by atoms with Gasteiger partial charge in [0.05, 0.1) is 25.1 Å². The van der Waals surface area contributed by atoms with Crippen LogP contribution in [-0.4, -0.2) is 29.1 Å². The fourth-order valence-corrected chi connectivity index (χ4v) is 2.38. The van der Waals surface area contributed by atoms with E-state index in [2.05, 4.69) is 11.1 Å². The van der Waals surface area contributed by atoms with Crippen LogP contribution in [0.5, 0.6) is 5.75 Å². The Kier molecular flexibility index (Phi) is 2.61. The standard InChI is InChI=1S/C13H15NO3/c15-11-1-2-12(14-9-11)10-3-5-13(6-4-10)16-7-8-17-13/h1-3,9,15H,4-8H2. The molecule has 1 N–H and O–H groups in total. The van der Waals surface area contributed by atoms with Gasteiger partial charge in [-0.1, -0.05) is 6.08 Å². The van der Waals surface area contributed by atoms with Crippen molar-refractivity contribution in [3.63, 3.8) is 0 Å². The van der Waals surface area contributed by atoms with Crippen molar-refractivity contribution >= 4 is 5.57 Å². The Bertz CT molecular complexity index is 432. The van der Waals surface area contributed by atoms with Crippen molar-refractivity contribution in [1.29, 1.82) is 0 Å². The first kappa shape index (κ1) is 10.7. The van der Waals surface area contributed by atoms with Crippen LogP contribution in [0.15, 0.2) is 24.4 Å². The summed E-state index contributed by atoms with van der Waals surface area (Å²) in [7, 11) is 0. The van der Waals surface area contributed by atoms with E-state index in [0.29, 0.717) is 13.2 Å². The van der Waals surface area contributed by atoms with Crippen LogP contribution >= 0.6 is 0 Å². The molecule has 3 rings (SSSR count). The van der Waals surface area contributed by atoms with Crippen molar-refractivity contribution < 1.29 is 14.6 Å². The van der Waals surface area contributed by atoms with Crippen LogP contribution in [0.4, 0.5) is 0 Å². The number of rotatable bonds is 1. The molecule has 2 heterocycles. The molecule has 4 heteroatoms. The summed E-state index contributed by atoms with van der Waals surface area (Å²) in [6.45, 7) is 1.39. The molecule has 0 amide bonds. The minimum atomic E-state index is -0.375. The molecule has 1 aliphatic heterocycles. The normalized spacial score (nSPS) is 22.7. The molecule has 2 aliphatic rings. The quantitative estimate of drug-likeness (QED) is 0.807. The van der Waals surface area contributed by atoms with Gasteiger partial charge in [0, 0.05) is 12.8 Å². The van der Waals surface area contributed by atoms with Crippen LogP contribution in [0, 0.1) is 0 Å². The fraction of sp³-hybridized carbons (Fsp3) is 0.462. The smallest absolute Gasteiger partial charge is 0.172 e. The van der Waals surface area contributed by atoms with Gasteiger partial charge >= 0.3 is 0 Å². The van der Waals surface area contributed by atoms with E-state index >= 15 is 0 Å². The Hall–Kier alpha value is -1.39. The van der Waals surface area contributed by atoms with E-state index in [1.807, 2.05) is 6.07 Å². The molecule has 1 aliphatic carbocycles. The first-order valence-corrected chi connectivity index (χ1v) is 5.90. The predicted octanol–water partition coefficient (Wildman–Crippen LogP) is 2.10. The monoisotopic (exact) mass is 233 g/mol. The van der Waals surface area contributed by atoms with Gasteiger partial charge < -0.3 is 14.6 Å². The first-order chi connectivity index (χ1) is 8.27. The Balaban J connectivity index is 1.78. The lowest BCUT2D eigenvalue weighted by Crippen LogP contribution is -2.31. The van der Waals surface area contributed by atoms with Gasteiger partial charge in [-0.15, -0.1) is 0 Å². The van der Waals surface area contributed by atoms with Crippen LogP contribution in [0.3, 0.4) is 0 Å². The molecule has 0 atom stereocenters. The lowest BCUT2D eigenvalue weighted by atomic mass is 9.92. The van der Waals surface area contributed by atoms with Gasteiger partial charge in [-0.2, -0.15) is 0 Å². The molecule has 17 heavy (non-hydrogen) atoms. The summed E-state index contributed by atoms with van der Waals surface area (Å²) >= 11 is 0. The zero-order valence-corrected chi connectivity index (χ0v) is 9.56. The van der Waals surface area contributed by atoms with Gasteiger partial charge in [0.15, 0.2) is 5.79 Å². The third kappa shape index (κ3) is 2.06. The largest absolute Gasteiger partial charge is 0.506 e. The van der Waals surface area contributed by atoms with E-state index in [1.54, 1.807) is 6.07 Å². The first-order valence-electron chi connectivity index (χ1n) is 5.90. The summed E-state index contributed by atoms with van der Waals surface area (Å²) in [6.07, 6.45) is 6.17. The van der Waals surface area contributed by atoms with Gasteiger partial charge in [0.2, 0.25) is 0 Å². The van der Waals surface area contributed by atoms with Gasteiger partial charge in [-0.05, 0) is 24.1 Å². The van der Waals surface area contributed by atoms with Crippen LogP contribution in [-0.2, 0) is 9.47 Å². The molecule has 1 aromatic rings. The van der Waals surface area contributed by atoms with E-state index in [0.717, 1.165) is 25.0 Å². The molecule has 1 saturated heterocycles. The summed E-state index contributed by atoms with van der Waals surface area (Å²) in [5, 5.41) is 9.20. The van der Waals surface area contributed by atoms with Crippen LogP contribution < -0.4 is 0 Å². The topological polar surface area (TPSA) is 51.6 Å². The molecule has 0 aromatic carbocycles. The lowest BCUT2D eigenvalue weighted by molar-refractivity contribution is -0.159. The molecular formula is C13H15NO3. The average Bonchev–Trinajstić information content (AvgIpc) is 2.80. The third-order valence-electron chi connectivity index (χ3n) is 3.33. The maximum Gasteiger partial charge on any atom is 0.172 e. The van der Waals surface area contributed by atoms with Crippen molar-refractivity contribution in [1.82, 2.24) is 4.98 Å². The minimum Gasteiger partial charge on any atom is -0.506 e. The molecular weight excluding hydrogens is 218 g/mol. The highest BCUT2D eigenvalue weighted by atomic mass is 16.7. The molecule has 0 radical (unpaired) electrons. The average molecular weight is 233 g/mol. The predicted molar refractivity (Wildman–Crippen MR) is 62.4 cm³/mol. The van der Waals surface area contributed by atoms with E-state index in [9.17, 15) is 5.11 Å². The van der Waals surface area contributed by atoms with Crippen molar-refractivity contribution in [2.24, 2.45) is 0 Å². The second-order valence-corrected chi connectivity index (χ2v) is 4.44. The van der Waals surface area contributed by atoms with Crippen LogP contribution in [0.1, 0.15) is 25.0 Å². The number of hydrogen-bond donors (Lipinski definition) is 1. The lowest BCUT2D eigenvalue weighted by Gasteiger charge is -2.30. The van der Waals surface area contributed by atoms with Gasteiger partial charge in [0.25, 0.3) is 0 Å². The van der Waals surface area contributed by atoms with Gasteiger partial charge in [-0.3, -0.25) is 4.98 Å². The number of pyridine rings is 1. The summed E-state index contributed by atoms with van der Waals surface area (Å²) < 4.78 is 11.3. The Morgan fingerprint density at radius 2 is 2.06 bits per heavy atom. The number of aromatic hydroxyl groups is 1. The van der Waals surface area contributed by atoms with Crippen LogP contribution in [0.2, 0.25) is 0 Å². The maximum absolute atomic E-state index is 9.20. The maximum atomic E-state index is 9.20. The highest BCUT2D eigenvalue weighted by Gasteiger charge is 2.37. The van der Waals surface area contributed by atoms with Crippen molar-refractivity contribution in [3.05, 3.63) is 30.1 Å². The molecule has 4 nitrogen and oxygen atoms in total. The van der Waals surface area contributed by atoms with Crippen molar-refractivity contribution in [2.45, 2.75) is 25.0 Å². The van der Waals surface area contributed by atoms with Crippen LogP contribution in [0.25, 0.3) is 5.57 Å². The van der Waals surface area contributed by atoms with E-state index in [4.69, 9.17) is 9.47 Å². The molecule has 1 spiro atoms. The van der Waals surface area contributed by atoms with Crippen molar-refractivity contribution in [2.75, 3.05) is 13.2 Å². The SMILES string of the molecule is Oc1ccc(C2=CCC3(CC2)OCCO3)nc1. The summed E-state index contributed by atoms with van der Waals surface area (Å²) in [6, 6.07) is 3.51. The molecule has 0 saturated carbocycles. The minimum absolute atomic E-state index is 0.198. The zero-order chi connectivity index (χ0) is 11.7. The fourth-order valence-electron chi connectivity index (χ4n) is 2.38. The molecule has 0 bridgehead atoms. The number of allylic oxidation sites excluding steroid dienone is 1. The van der Waals surface area contributed by atoms with Crippen molar-refractivity contribution in [3.8, 4) is 5.75 Å². The van der Waals surface area contributed by atoms with E-state index in [1.165, 1.54) is 11.8 Å². The molecule has 1 fully saturated rings. The summed E-state index contributed by atoms with van der Waals surface area (Å²) in [4.78, 5) is 4.22. The number of ether oxygens (including phenoxy) is 2. The molecule has 90 valence electrons. The van der Waals surface area contributed by atoms with E-state index < -0.39 is 0 Å². The Labute approximate surface area is 99.9 Å². The highest BCUT2D eigenvalue weighted by molar-refractivity contribution is 5.63. The number of aromatic nitrogens is 1. The summed E-state index contributed by atoms with van der Waals surface area (Å²) in [5.74, 6) is -0.176. The second kappa shape index (κ2) is 4.13. The Morgan fingerprint density at radius 1 is 1.24 bits per heavy atom. The van der Waals surface area contributed by atoms with Gasteiger partial charge in [0.1, 0.15) is 5.75 Å². The van der Waals surface area contributed by atoms with Gasteiger partial charge in [-0.25, -0.2) is 0 Å². The summed E-state index contributed by atoms with van der Waals surface area (Å²) in [5.41, 5.74) is 2.13. The third-order valence-corrected chi connectivity index (χ3v) is 3.33. The molecule has 1 aromatic heterocycles. The molecule has 0 unspecified atom stereocenters. The number of nitrogens with zero attached hydrogens (tertiary/aromatic N) is 1.